The summed E-state index contributed by atoms with van der Waals surface area (Å²) in [5.41, 5.74) is 0.0590. The van der Waals surface area contributed by atoms with Gasteiger partial charge in [-0.15, -0.1) is 0 Å². The van der Waals surface area contributed by atoms with Crippen LogP contribution in [0, 0.1) is 3.57 Å². The van der Waals surface area contributed by atoms with E-state index in [9.17, 15) is 4.79 Å². The third-order valence-corrected chi connectivity index (χ3v) is 3.67. The van der Waals surface area contributed by atoms with Gasteiger partial charge in [-0.25, -0.2) is 0 Å². The number of benzene rings is 1. The van der Waals surface area contributed by atoms with Crippen molar-refractivity contribution in [2.24, 2.45) is 0 Å². The van der Waals surface area contributed by atoms with Gasteiger partial charge >= 0.3 is 0 Å². The van der Waals surface area contributed by atoms with Crippen LogP contribution >= 0.6 is 22.6 Å². The molecular weight excluding hydrogens is 317 g/mol. The van der Waals surface area contributed by atoms with Gasteiger partial charge in [-0.2, -0.15) is 0 Å². The Hall–Kier alpha value is -0.620. The number of amides is 1. The number of para-hydroxylation sites is 1. The van der Waals surface area contributed by atoms with Gasteiger partial charge < -0.3 is 10.1 Å². The lowest BCUT2D eigenvalue weighted by Gasteiger charge is -2.25. The summed E-state index contributed by atoms with van der Waals surface area (Å²) in [5.74, 6) is -0.110. The number of anilines is 1. The van der Waals surface area contributed by atoms with Crippen LogP contribution in [0.25, 0.3) is 0 Å². The van der Waals surface area contributed by atoms with Crippen LogP contribution in [0.1, 0.15) is 20.3 Å². The smallest absolute Gasteiger partial charge is 0.256 e. The van der Waals surface area contributed by atoms with Crippen LogP contribution in [-0.4, -0.2) is 18.6 Å². The topological polar surface area (TPSA) is 38.3 Å². The molecule has 0 saturated heterocycles. The Labute approximate surface area is 110 Å². The molecule has 1 unspecified atom stereocenters. The maximum Gasteiger partial charge on any atom is 0.256 e. The number of carbonyl (C=O) groups is 1. The van der Waals surface area contributed by atoms with E-state index in [0.717, 1.165) is 9.26 Å². The molecule has 4 heteroatoms. The summed E-state index contributed by atoms with van der Waals surface area (Å²) >= 11 is 2.19. The monoisotopic (exact) mass is 333 g/mol. The van der Waals surface area contributed by atoms with E-state index in [1.807, 2.05) is 31.2 Å². The number of hydrogen-bond acceptors (Lipinski definition) is 2. The number of carbonyl (C=O) groups excluding carboxylic acids is 1. The van der Waals surface area contributed by atoms with Crippen LogP contribution < -0.4 is 5.32 Å². The summed E-state index contributed by atoms with van der Waals surface area (Å²) in [7, 11) is 1.55. The first-order valence-electron chi connectivity index (χ1n) is 5.14. The van der Waals surface area contributed by atoms with E-state index in [4.69, 9.17) is 4.74 Å². The summed E-state index contributed by atoms with van der Waals surface area (Å²) in [5, 5.41) is 2.88. The molecule has 1 N–H and O–H groups in total. The molecule has 16 heavy (non-hydrogen) atoms. The van der Waals surface area contributed by atoms with E-state index >= 15 is 0 Å². The largest absolute Gasteiger partial charge is 0.369 e. The Morgan fingerprint density at radius 2 is 2.12 bits per heavy atom. The predicted octanol–water partition coefficient (Wildman–Crippen LogP) is 3.04. The van der Waals surface area contributed by atoms with Crippen LogP contribution in [0.15, 0.2) is 24.3 Å². The van der Waals surface area contributed by atoms with E-state index in [1.54, 1.807) is 14.0 Å². The van der Waals surface area contributed by atoms with Crippen LogP contribution in [0.2, 0.25) is 0 Å². The van der Waals surface area contributed by atoms with Crippen molar-refractivity contribution in [2.75, 3.05) is 12.4 Å². The molecule has 0 saturated carbocycles. The van der Waals surface area contributed by atoms with E-state index in [2.05, 4.69) is 27.9 Å². The number of nitrogens with one attached hydrogen (secondary N) is 1. The fourth-order valence-corrected chi connectivity index (χ4v) is 1.74. The molecule has 0 aliphatic carbocycles. The highest BCUT2D eigenvalue weighted by Crippen LogP contribution is 2.21. The summed E-state index contributed by atoms with van der Waals surface area (Å²) in [6.07, 6.45) is 0.638. The standard InChI is InChI=1S/C12H16INO2/c1-4-12(2,16-3)11(15)14-10-8-6-5-7-9(10)13/h5-8H,4H2,1-3H3,(H,14,15). The molecule has 0 bridgehead atoms. The van der Waals surface area contributed by atoms with Gasteiger partial charge in [-0.3, -0.25) is 4.79 Å². The molecule has 0 heterocycles. The highest BCUT2D eigenvalue weighted by Gasteiger charge is 2.31. The lowest BCUT2D eigenvalue weighted by Crippen LogP contribution is -2.41. The zero-order chi connectivity index (χ0) is 12.2. The maximum absolute atomic E-state index is 12.0. The van der Waals surface area contributed by atoms with Crippen molar-refractivity contribution < 1.29 is 9.53 Å². The van der Waals surface area contributed by atoms with Gasteiger partial charge in [0.2, 0.25) is 0 Å². The van der Waals surface area contributed by atoms with Gasteiger partial charge in [-0.1, -0.05) is 19.1 Å². The summed E-state index contributed by atoms with van der Waals surface area (Å²) in [4.78, 5) is 12.0. The molecule has 1 aromatic rings. The first kappa shape index (κ1) is 13.4. The van der Waals surface area contributed by atoms with E-state index in [-0.39, 0.29) is 5.91 Å². The number of ether oxygens (including phenoxy) is 1. The number of methoxy groups -OCH3 is 1. The molecule has 1 aromatic carbocycles. The number of halogens is 1. The molecule has 1 amide bonds. The average molecular weight is 333 g/mol. The van der Waals surface area contributed by atoms with Crippen molar-refractivity contribution in [1.82, 2.24) is 0 Å². The Kier molecular flexibility index (Phi) is 4.73. The van der Waals surface area contributed by atoms with Crippen molar-refractivity contribution in [2.45, 2.75) is 25.9 Å². The molecule has 88 valence electrons. The minimum Gasteiger partial charge on any atom is -0.369 e. The Morgan fingerprint density at radius 1 is 1.50 bits per heavy atom. The minimum atomic E-state index is -0.765. The molecule has 0 aliphatic rings. The van der Waals surface area contributed by atoms with Crippen LogP contribution in [-0.2, 0) is 9.53 Å². The molecule has 0 spiro atoms. The van der Waals surface area contributed by atoms with E-state index < -0.39 is 5.60 Å². The van der Waals surface area contributed by atoms with Crippen molar-refractivity contribution >= 4 is 34.2 Å². The van der Waals surface area contributed by atoms with Crippen LogP contribution in [0.5, 0.6) is 0 Å². The van der Waals surface area contributed by atoms with E-state index in [0.29, 0.717) is 6.42 Å². The van der Waals surface area contributed by atoms with Crippen molar-refractivity contribution in [3.63, 3.8) is 0 Å². The third-order valence-electron chi connectivity index (χ3n) is 2.73. The molecule has 0 fully saturated rings. The van der Waals surface area contributed by atoms with Crippen molar-refractivity contribution in [3.8, 4) is 0 Å². The Bertz CT molecular complexity index is 375. The molecule has 1 atom stereocenters. The third kappa shape index (κ3) is 2.95. The average Bonchev–Trinajstić information content (AvgIpc) is 2.31. The maximum atomic E-state index is 12.0. The van der Waals surface area contributed by atoms with Crippen molar-refractivity contribution in [3.05, 3.63) is 27.8 Å². The Morgan fingerprint density at radius 3 is 2.62 bits per heavy atom. The predicted molar refractivity (Wildman–Crippen MR) is 73.5 cm³/mol. The van der Waals surface area contributed by atoms with Gasteiger partial charge in [0.25, 0.3) is 5.91 Å². The van der Waals surface area contributed by atoms with Gasteiger partial charge in [0, 0.05) is 10.7 Å². The molecule has 0 aromatic heterocycles. The second kappa shape index (κ2) is 5.63. The normalized spacial score (nSPS) is 14.2. The molecule has 3 nitrogen and oxygen atoms in total. The quantitative estimate of drug-likeness (QED) is 0.860. The summed E-state index contributed by atoms with van der Waals surface area (Å²) in [6.45, 7) is 3.72. The lowest BCUT2D eigenvalue weighted by molar-refractivity contribution is -0.136. The fraction of sp³-hybridized carbons (Fsp3) is 0.417. The van der Waals surface area contributed by atoms with E-state index in [1.165, 1.54) is 0 Å². The fourth-order valence-electron chi connectivity index (χ4n) is 1.21. The molecule has 0 radical (unpaired) electrons. The SMILES string of the molecule is CCC(C)(OC)C(=O)Nc1ccccc1I. The first-order chi connectivity index (χ1) is 7.53. The number of hydrogen-bond donors (Lipinski definition) is 1. The summed E-state index contributed by atoms with van der Waals surface area (Å²) < 4.78 is 6.26. The first-order valence-corrected chi connectivity index (χ1v) is 6.22. The summed E-state index contributed by atoms with van der Waals surface area (Å²) in [6, 6.07) is 7.66. The van der Waals surface area contributed by atoms with Crippen LogP contribution in [0.3, 0.4) is 0 Å². The molecule has 0 aliphatic heterocycles. The number of rotatable bonds is 4. The Balaban J connectivity index is 2.83. The van der Waals surface area contributed by atoms with Crippen LogP contribution in [0.4, 0.5) is 5.69 Å². The van der Waals surface area contributed by atoms with Gasteiger partial charge in [0.1, 0.15) is 5.60 Å². The molecule has 1 rings (SSSR count). The van der Waals surface area contributed by atoms with Crippen molar-refractivity contribution in [1.29, 1.82) is 0 Å². The minimum absolute atomic E-state index is 0.110. The second-order valence-corrected chi connectivity index (χ2v) is 4.88. The zero-order valence-corrected chi connectivity index (χ0v) is 11.9. The highest BCUT2D eigenvalue weighted by atomic mass is 127. The lowest BCUT2D eigenvalue weighted by atomic mass is 10.0. The zero-order valence-electron chi connectivity index (χ0n) is 9.71. The highest BCUT2D eigenvalue weighted by molar-refractivity contribution is 14.1. The second-order valence-electron chi connectivity index (χ2n) is 3.72. The van der Waals surface area contributed by atoms with Gasteiger partial charge in [-0.05, 0) is 48.1 Å². The van der Waals surface area contributed by atoms with Gasteiger partial charge in [0.05, 0.1) is 5.69 Å². The van der Waals surface area contributed by atoms with Gasteiger partial charge in [0.15, 0.2) is 0 Å². The molecular formula is C12H16INO2.